The molecule has 0 atom stereocenters. The molecule has 2 heterocycles. The average Bonchev–Trinajstić information content (AvgIpc) is 2.86. The number of nitrogens with zero attached hydrogens (tertiary/aromatic N) is 3. The van der Waals surface area contributed by atoms with E-state index in [4.69, 9.17) is 11.6 Å². The first-order chi connectivity index (χ1) is 9.39. The normalized spacial score (nSPS) is 17.5. The third-order valence-corrected chi connectivity index (χ3v) is 4.09. The van der Waals surface area contributed by atoms with Crippen LogP contribution in [0.1, 0.15) is 10.5 Å². The summed E-state index contributed by atoms with van der Waals surface area (Å²) < 4.78 is 36.8. The molecule has 0 unspecified atom stereocenters. The Morgan fingerprint density at radius 1 is 1.35 bits per heavy atom. The van der Waals surface area contributed by atoms with Gasteiger partial charge in [0.1, 0.15) is 5.69 Å². The second-order valence-corrected chi connectivity index (χ2v) is 5.55. The van der Waals surface area contributed by atoms with Crippen LogP contribution in [-0.4, -0.2) is 60.4 Å². The lowest BCUT2D eigenvalue weighted by molar-refractivity contribution is -0.146. The van der Waals surface area contributed by atoms with Gasteiger partial charge in [-0.2, -0.15) is 13.2 Å². The maximum Gasteiger partial charge on any atom is 0.401 e. The molecule has 1 aliphatic rings. The van der Waals surface area contributed by atoms with Crippen LogP contribution in [0.3, 0.4) is 0 Å². The number of alkyl halides is 4. The molecular weight excluding hydrogens is 315 g/mol. The van der Waals surface area contributed by atoms with Crippen LogP contribution in [0.2, 0.25) is 0 Å². The average molecular weight is 328 g/mol. The summed E-state index contributed by atoms with van der Waals surface area (Å²) in [4.78, 5) is 18.8. The smallest absolute Gasteiger partial charge is 0.346 e. The van der Waals surface area contributed by atoms with Crippen LogP contribution in [0.15, 0.2) is 5.38 Å². The Hall–Kier alpha value is -0.860. The van der Waals surface area contributed by atoms with Crippen molar-refractivity contribution in [2.45, 2.75) is 6.18 Å². The van der Waals surface area contributed by atoms with E-state index in [1.54, 1.807) is 5.38 Å². The highest BCUT2D eigenvalue weighted by Crippen LogP contribution is 2.23. The van der Waals surface area contributed by atoms with Crippen LogP contribution in [0, 0.1) is 0 Å². The van der Waals surface area contributed by atoms with Gasteiger partial charge in [0.25, 0.3) is 0 Å². The molecule has 20 heavy (non-hydrogen) atoms. The summed E-state index contributed by atoms with van der Waals surface area (Å²) >= 11 is 6.76. The standard InChI is InChI=1S/C11H13ClF3N3OS/c12-5-9(19)8-6-20-10(16-8)18-3-1-17(2-4-18)7-11(13,14)15/h6H,1-5,7H2. The number of halogens is 4. The van der Waals surface area contributed by atoms with Gasteiger partial charge < -0.3 is 4.90 Å². The van der Waals surface area contributed by atoms with Crippen molar-refractivity contribution in [1.29, 1.82) is 0 Å². The number of hydrogen-bond acceptors (Lipinski definition) is 5. The molecule has 4 nitrogen and oxygen atoms in total. The van der Waals surface area contributed by atoms with Crippen LogP contribution >= 0.6 is 22.9 Å². The lowest BCUT2D eigenvalue weighted by Crippen LogP contribution is -2.49. The fourth-order valence-electron chi connectivity index (χ4n) is 1.96. The van der Waals surface area contributed by atoms with E-state index in [1.165, 1.54) is 16.2 Å². The number of anilines is 1. The van der Waals surface area contributed by atoms with Gasteiger partial charge in [-0.15, -0.1) is 22.9 Å². The van der Waals surface area contributed by atoms with Crippen LogP contribution in [0.25, 0.3) is 0 Å². The largest absolute Gasteiger partial charge is 0.401 e. The number of hydrogen-bond donors (Lipinski definition) is 0. The number of ketones is 1. The molecule has 0 aliphatic carbocycles. The lowest BCUT2D eigenvalue weighted by Gasteiger charge is -2.34. The van der Waals surface area contributed by atoms with Crippen molar-refractivity contribution in [2.24, 2.45) is 0 Å². The van der Waals surface area contributed by atoms with Crippen molar-refractivity contribution in [2.75, 3.05) is 43.5 Å². The summed E-state index contributed by atoms with van der Waals surface area (Å²) in [6.45, 7) is 0.723. The van der Waals surface area contributed by atoms with Gasteiger partial charge in [0.2, 0.25) is 0 Å². The molecule has 1 aliphatic heterocycles. The third-order valence-electron chi connectivity index (χ3n) is 2.94. The molecule has 1 aromatic rings. The molecule has 0 aromatic carbocycles. The molecule has 1 aromatic heterocycles. The van der Waals surface area contributed by atoms with Gasteiger partial charge in [-0.3, -0.25) is 9.69 Å². The predicted octanol–water partition coefficient (Wildman–Crippen LogP) is 2.25. The zero-order valence-corrected chi connectivity index (χ0v) is 12.1. The minimum Gasteiger partial charge on any atom is -0.346 e. The topological polar surface area (TPSA) is 36.4 Å². The van der Waals surface area contributed by atoms with Gasteiger partial charge in [0.05, 0.1) is 12.4 Å². The van der Waals surface area contributed by atoms with Crippen molar-refractivity contribution in [3.8, 4) is 0 Å². The second-order valence-electron chi connectivity index (χ2n) is 4.45. The van der Waals surface area contributed by atoms with E-state index in [0.717, 1.165) is 0 Å². The van der Waals surface area contributed by atoms with E-state index in [1.807, 2.05) is 4.90 Å². The van der Waals surface area contributed by atoms with Crippen molar-refractivity contribution in [3.05, 3.63) is 11.1 Å². The quantitative estimate of drug-likeness (QED) is 0.628. The highest BCUT2D eigenvalue weighted by Gasteiger charge is 2.32. The number of Topliss-reactive ketones (excluding diaryl/α,β-unsaturated/α-hetero) is 1. The Morgan fingerprint density at radius 3 is 2.55 bits per heavy atom. The zero-order chi connectivity index (χ0) is 14.8. The maximum atomic E-state index is 12.3. The van der Waals surface area contributed by atoms with Gasteiger partial charge in [-0.25, -0.2) is 4.98 Å². The molecule has 0 bridgehead atoms. The summed E-state index contributed by atoms with van der Waals surface area (Å²) in [7, 11) is 0. The molecular formula is C11H13ClF3N3OS. The number of rotatable bonds is 4. The first-order valence-electron chi connectivity index (χ1n) is 5.98. The van der Waals surface area contributed by atoms with E-state index in [-0.39, 0.29) is 11.7 Å². The van der Waals surface area contributed by atoms with Crippen LogP contribution < -0.4 is 4.90 Å². The highest BCUT2D eigenvalue weighted by molar-refractivity contribution is 7.14. The Morgan fingerprint density at radius 2 is 2.00 bits per heavy atom. The Balaban J connectivity index is 1.90. The summed E-state index contributed by atoms with van der Waals surface area (Å²) in [6, 6.07) is 0. The Bertz CT molecular complexity index is 472. The van der Waals surface area contributed by atoms with Crippen LogP contribution in [0.4, 0.5) is 18.3 Å². The minimum absolute atomic E-state index is 0.122. The number of aromatic nitrogens is 1. The van der Waals surface area contributed by atoms with Crippen LogP contribution in [-0.2, 0) is 0 Å². The molecule has 0 N–H and O–H groups in total. The minimum atomic E-state index is -4.16. The first-order valence-corrected chi connectivity index (χ1v) is 7.39. The van der Waals surface area contributed by atoms with E-state index in [9.17, 15) is 18.0 Å². The molecule has 2 rings (SSSR count). The maximum absolute atomic E-state index is 12.3. The van der Waals surface area contributed by atoms with Crippen molar-refractivity contribution >= 4 is 33.9 Å². The summed E-state index contributed by atoms with van der Waals surface area (Å²) in [5.74, 6) is -0.368. The molecule has 1 saturated heterocycles. The molecule has 1 fully saturated rings. The van der Waals surface area contributed by atoms with Crippen molar-refractivity contribution in [3.63, 3.8) is 0 Å². The highest BCUT2D eigenvalue weighted by atomic mass is 35.5. The van der Waals surface area contributed by atoms with Gasteiger partial charge in [-0.05, 0) is 0 Å². The Kier molecular flexibility index (Phi) is 4.87. The van der Waals surface area contributed by atoms with Gasteiger partial charge in [-0.1, -0.05) is 0 Å². The predicted molar refractivity (Wildman–Crippen MR) is 71.9 cm³/mol. The van der Waals surface area contributed by atoms with Crippen molar-refractivity contribution in [1.82, 2.24) is 9.88 Å². The lowest BCUT2D eigenvalue weighted by atomic mass is 10.3. The molecule has 9 heteroatoms. The molecule has 0 amide bonds. The fourth-order valence-corrected chi connectivity index (χ4v) is 2.98. The third kappa shape index (κ3) is 4.07. The van der Waals surface area contributed by atoms with E-state index >= 15 is 0 Å². The van der Waals surface area contributed by atoms with Crippen molar-refractivity contribution < 1.29 is 18.0 Å². The molecule has 0 saturated carbocycles. The number of carbonyl (C=O) groups excluding carboxylic acids is 1. The summed E-state index contributed by atoms with van der Waals surface area (Å²) in [5.41, 5.74) is 0.317. The molecule has 0 radical (unpaired) electrons. The number of thiazole rings is 1. The van der Waals surface area contributed by atoms with Crippen LogP contribution in [0.5, 0.6) is 0 Å². The SMILES string of the molecule is O=C(CCl)c1csc(N2CCN(CC(F)(F)F)CC2)n1. The fraction of sp³-hybridized carbons (Fsp3) is 0.636. The summed E-state index contributed by atoms with van der Waals surface area (Å²) in [6.07, 6.45) is -4.16. The van der Waals surface area contributed by atoms with Gasteiger partial charge in [0.15, 0.2) is 10.9 Å². The number of piperazine rings is 1. The Labute approximate surface area is 123 Å². The first kappa shape index (κ1) is 15.5. The second kappa shape index (κ2) is 6.28. The number of carbonyl (C=O) groups is 1. The van der Waals surface area contributed by atoms with E-state index < -0.39 is 12.7 Å². The zero-order valence-electron chi connectivity index (χ0n) is 10.5. The van der Waals surface area contributed by atoms with E-state index in [0.29, 0.717) is 37.0 Å². The molecule has 112 valence electrons. The van der Waals surface area contributed by atoms with Gasteiger partial charge in [0, 0.05) is 31.6 Å². The van der Waals surface area contributed by atoms with Gasteiger partial charge >= 0.3 is 6.18 Å². The summed E-state index contributed by atoms with van der Waals surface area (Å²) in [5, 5.41) is 2.28. The monoisotopic (exact) mass is 327 g/mol. The molecule has 0 spiro atoms. The van der Waals surface area contributed by atoms with E-state index in [2.05, 4.69) is 4.98 Å².